The molecule has 1 heterocycles. The van der Waals surface area contributed by atoms with Gasteiger partial charge in [0.15, 0.2) is 0 Å². The lowest BCUT2D eigenvalue weighted by atomic mass is 9.84. The van der Waals surface area contributed by atoms with Crippen molar-refractivity contribution in [3.05, 3.63) is 34.9 Å². The second-order valence-corrected chi connectivity index (χ2v) is 7.60. The van der Waals surface area contributed by atoms with Crippen LogP contribution in [-0.2, 0) is 6.54 Å². The first-order chi connectivity index (χ1) is 9.25. The van der Waals surface area contributed by atoms with Gasteiger partial charge in [0.2, 0.25) is 0 Å². The Balaban J connectivity index is 2.10. The van der Waals surface area contributed by atoms with E-state index in [1.165, 1.54) is 16.7 Å². The average Bonchev–Trinajstić information content (AvgIpc) is 2.29. The summed E-state index contributed by atoms with van der Waals surface area (Å²) in [6.45, 7) is 17.0. The van der Waals surface area contributed by atoms with Gasteiger partial charge in [-0.05, 0) is 31.7 Å². The molecule has 1 N–H and O–H groups in total. The Morgan fingerprint density at radius 2 is 1.75 bits per heavy atom. The van der Waals surface area contributed by atoms with Crippen LogP contribution in [0.1, 0.15) is 44.4 Å². The third-order valence-electron chi connectivity index (χ3n) is 4.41. The zero-order valence-electron chi connectivity index (χ0n) is 14.0. The normalized spacial score (nSPS) is 24.9. The molecule has 1 aromatic carbocycles. The molecule has 2 nitrogen and oxygen atoms in total. The number of aryl methyl sites for hydroxylation is 2. The minimum absolute atomic E-state index is 0.320. The van der Waals surface area contributed by atoms with Gasteiger partial charge in [-0.2, -0.15) is 0 Å². The van der Waals surface area contributed by atoms with Crippen molar-refractivity contribution in [3.8, 4) is 0 Å². The van der Waals surface area contributed by atoms with Crippen molar-refractivity contribution >= 4 is 0 Å². The van der Waals surface area contributed by atoms with Crippen LogP contribution in [0.25, 0.3) is 0 Å². The molecule has 0 radical (unpaired) electrons. The van der Waals surface area contributed by atoms with Gasteiger partial charge in [0, 0.05) is 31.7 Å². The van der Waals surface area contributed by atoms with E-state index in [1.54, 1.807) is 0 Å². The Kier molecular flexibility index (Phi) is 4.55. The molecule has 2 atom stereocenters. The lowest BCUT2D eigenvalue weighted by Crippen LogP contribution is -2.59. The molecule has 2 unspecified atom stereocenters. The number of hydrogen-bond acceptors (Lipinski definition) is 2. The zero-order valence-corrected chi connectivity index (χ0v) is 14.0. The predicted octanol–water partition coefficient (Wildman–Crippen LogP) is 3.51. The van der Waals surface area contributed by atoms with Crippen LogP contribution in [0.3, 0.4) is 0 Å². The summed E-state index contributed by atoms with van der Waals surface area (Å²) < 4.78 is 0. The summed E-state index contributed by atoms with van der Waals surface area (Å²) in [6, 6.07) is 8.09. The summed E-state index contributed by atoms with van der Waals surface area (Å²) in [5.41, 5.74) is 4.51. The zero-order chi connectivity index (χ0) is 14.9. The molecular formula is C18H30N2. The van der Waals surface area contributed by atoms with Crippen LogP contribution in [0.2, 0.25) is 0 Å². The summed E-state index contributed by atoms with van der Waals surface area (Å²) in [5, 5.41) is 3.71. The fraction of sp³-hybridized carbons (Fsp3) is 0.667. The number of nitrogens with one attached hydrogen (secondary N) is 1. The van der Waals surface area contributed by atoms with Gasteiger partial charge < -0.3 is 5.32 Å². The molecule has 2 rings (SSSR count). The van der Waals surface area contributed by atoms with Gasteiger partial charge >= 0.3 is 0 Å². The van der Waals surface area contributed by atoms with Crippen LogP contribution < -0.4 is 5.32 Å². The van der Waals surface area contributed by atoms with Crippen molar-refractivity contribution in [2.75, 3.05) is 13.1 Å². The Bertz CT molecular complexity index is 439. The highest BCUT2D eigenvalue weighted by atomic mass is 15.2. The van der Waals surface area contributed by atoms with Gasteiger partial charge in [-0.15, -0.1) is 0 Å². The van der Waals surface area contributed by atoms with Crippen LogP contribution >= 0.6 is 0 Å². The van der Waals surface area contributed by atoms with Crippen LogP contribution in [-0.4, -0.2) is 30.1 Å². The maximum absolute atomic E-state index is 3.71. The van der Waals surface area contributed by atoms with Gasteiger partial charge in [-0.3, -0.25) is 4.90 Å². The molecule has 1 fully saturated rings. The number of rotatable bonds is 2. The minimum Gasteiger partial charge on any atom is -0.311 e. The number of piperazine rings is 1. The summed E-state index contributed by atoms with van der Waals surface area (Å²) in [5.74, 6) is 0. The number of nitrogens with zero attached hydrogens (tertiary/aromatic N) is 1. The van der Waals surface area contributed by atoms with Crippen molar-refractivity contribution in [2.24, 2.45) is 5.41 Å². The largest absolute Gasteiger partial charge is 0.311 e. The summed E-state index contributed by atoms with van der Waals surface area (Å²) in [4.78, 5) is 2.63. The van der Waals surface area contributed by atoms with E-state index in [2.05, 4.69) is 70.0 Å². The molecule has 1 aromatic rings. The molecular weight excluding hydrogens is 244 g/mol. The third-order valence-corrected chi connectivity index (χ3v) is 4.41. The van der Waals surface area contributed by atoms with Crippen molar-refractivity contribution in [2.45, 2.75) is 60.2 Å². The molecule has 20 heavy (non-hydrogen) atoms. The molecule has 0 aromatic heterocycles. The fourth-order valence-electron chi connectivity index (χ4n) is 3.12. The standard InChI is InChI=1S/C18H30N2/c1-13-7-14(2)9-16(8-13)11-20-12-17(18(4,5)6)19-10-15(20)3/h7-9,15,17,19H,10-12H2,1-6H3. The van der Waals surface area contributed by atoms with Gasteiger partial charge in [-0.25, -0.2) is 0 Å². The van der Waals surface area contributed by atoms with Gasteiger partial charge in [-0.1, -0.05) is 50.1 Å². The first-order valence-corrected chi connectivity index (χ1v) is 7.80. The van der Waals surface area contributed by atoms with Crippen molar-refractivity contribution in [1.29, 1.82) is 0 Å². The Labute approximate surface area is 124 Å². The molecule has 1 aliphatic rings. The molecule has 0 saturated carbocycles. The van der Waals surface area contributed by atoms with E-state index in [0.29, 0.717) is 17.5 Å². The average molecular weight is 274 g/mol. The summed E-state index contributed by atoms with van der Waals surface area (Å²) in [7, 11) is 0. The molecule has 0 bridgehead atoms. The van der Waals surface area contributed by atoms with E-state index in [1.807, 2.05) is 0 Å². The van der Waals surface area contributed by atoms with E-state index >= 15 is 0 Å². The number of hydrogen-bond donors (Lipinski definition) is 1. The Morgan fingerprint density at radius 1 is 1.15 bits per heavy atom. The Hall–Kier alpha value is -0.860. The van der Waals surface area contributed by atoms with Gasteiger partial charge in [0.1, 0.15) is 0 Å². The predicted molar refractivity (Wildman–Crippen MR) is 87.0 cm³/mol. The SMILES string of the molecule is Cc1cc(C)cc(CN2CC(C(C)(C)C)NCC2C)c1. The summed E-state index contributed by atoms with van der Waals surface area (Å²) in [6.07, 6.45) is 0. The highest BCUT2D eigenvalue weighted by molar-refractivity contribution is 5.28. The maximum Gasteiger partial charge on any atom is 0.0244 e. The first kappa shape index (κ1) is 15.5. The lowest BCUT2D eigenvalue weighted by molar-refractivity contribution is 0.0877. The smallest absolute Gasteiger partial charge is 0.0244 e. The molecule has 0 spiro atoms. The van der Waals surface area contributed by atoms with Crippen LogP contribution in [0, 0.1) is 19.3 Å². The third kappa shape index (κ3) is 3.83. The molecule has 112 valence electrons. The van der Waals surface area contributed by atoms with Crippen molar-refractivity contribution in [3.63, 3.8) is 0 Å². The quantitative estimate of drug-likeness (QED) is 0.888. The lowest BCUT2D eigenvalue weighted by Gasteiger charge is -2.44. The molecule has 1 saturated heterocycles. The monoisotopic (exact) mass is 274 g/mol. The van der Waals surface area contributed by atoms with Crippen molar-refractivity contribution in [1.82, 2.24) is 10.2 Å². The highest BCUT2D eigenvalue weighted by Crippen LogP contribution is 2.24. The van der Waals surface area contributed by atoms with E-state index in [9.17, 15) is 0 Å². The van der Waals surface area contributed by atoms with E-state index < -0.39 is 0 Å². The van der Waals surface area contributed by atoms with Gasteiger partial charge in [0.25, 0.3) is 0 Å². The highest BCUT2D eigenvalue weighted by Gasteiger charge is 2.32. The van der Waals surface area contributed by atoms with Crippen molar-refractivity contribution < 1.29 is 0 Å². The summed E-state index contributed by atoms with van der Waals surface area (Å²) >= 11 is 0. The van der Waals surface area contributed by atoms with Crippen LogP contribution in [0.4, 0.5) is 0 Å². The van der Waals surface area contributed by atoms with Crippen LogP contribution in [0.15, 0.2) is 18.2 Å². The topological polar surface area (TPSA) is 15.3 Å². The fourth-order valence-corrected chi connectivity index (χ4v) is 3.12. The van der Waals surface area contributed by atoms with Crippen LogP contribution in [0.5, 0.6) is 0 Å². The molecule has 0 aliphatic carbocycles. The minimum atomic E-state index is 0.320. The Morgan fingerprint density at radius 3 is 2.30 bits per heavy atom. The second-order valence-electron chi connectivity index (χ2n) is 7.60. The maximum atomic E-state index is 3.71. The van der Waals surface area contributed by atoms with Gasteiger partial charge in [0.05, 0.1) is 0 Å². The second kappa shape index (κ2) is 5.87. The molecule has 0 amide bonds. The van der Waals surface area contributed by atoms with E-state index in [4.69, 9.17) is 0 Å². The van der Waals surface area contributed by atoms with E-state index in [0.717, 1.165) is 19.6 Å². The molecule has 2 heteroatoms. The molecule has 1 aliphatic heterocycles. The van der Waals surface area contributed by atoms with E-state index in [-0.39, 0.29) is 0 Å². The first-order valence-electron chi connectivity index (χ1n) is 7.80. The number of benzene rings is 1.